The largest absolute Gasteiger partial charge is 0.494 e. The first-order chi connectivity index (χ1) is 26.5. The SMILES string of the molecule is COc1ccc(C(N)=O)c(-c2c(Cl)c(F)cc3c2C(C)C(CNCCCCCc2cccc4c2CN(C2CCC(=O)NC2=O)C4=O)(c2ccccc2)O3)c1F. The molecule has 7 rings (SSSR count). The quantitative estimate of drug-likeness (QED) is 0.104. The molecule has 0 spiro atoms. The summed E-state index contributed by atoms with van der Waals surface area (Å²) < 4.78 is 43.5. The number of carbonyl (C=O) groups is 4. The van der Waals surface area contributed by atoms with Gasteiger partial charge in [-0.2, -0.15) is 0 Å². The molecule has 0 aromatic heterocycles. The van der Waals surface area contributed by atoms with E-state index in [4.69, 9.17) is 26.8 Å². The standard InChI is InChI=1S/C42H41ClF2N4O6/c1-23-34-32(20-29(44)37(43)36(34)35-27(39(46)51)15-17-31(54-2)38(35)45)55-42(23,25-12-6-3-7-13-25)22-47-19-8-4-5-10-24-11-9-14-26-28(24)21-49(41(26)53)30-16-18-33(50)48-40(30)52/h3,6-7,9,11-15,17,20,23,30,47H,4-5,8,10,16,18-19,21-22H2,1-2H3,(H2,46,51)(H,48,50,52). The number of piperidine rings is 1. The summed E-state index contributed by atoms with van der Waals surface area (Å²) >= 11 is 6.62. The molecule has 55 heavy (non-hydrogen) atoms. The second kappa shape index (κ2) is 15.4. The molecule has 13 heteroatoms. The topological polar surface area (TPSA) is 140 Å². The predicted molar refractivity (Wildman–Crippen MR) is 202 cm³/mol. The van der Waals surface area contributed by atoms with Crippen molar-refractivity contribution >= 4 is 35.2 Å². The number of methoxy groups -OCH3 is 1. The van der Waals surface area contributed by atoms with Crippen molar-refractivity contribution in [1.29, 1.82) is 0 Å². The third-order valence-electron chi connectivity index (χ3n) is 11.1. The molecule has 1 fully saturated rings. The molecule has 10 nitrogen and oxygen atoms in total. The highest BCUT2D eigenvalue weighted by Crippen LogP contribution is 2.56. The van der Waals surface area contributed by atoms with Crippen LogP contribution in [0.2, 0.25) is 5.02 Å². The molecule has 1 saturated heterocycles. The van der Waals surface area contributed by atoms with Crippen LogP contribution in [0.3, 0.4) is 0 Å². The Bertz CT molecular complexity index is 2200. The summed E-state index contributed by atoms with van der Waals surface area (Å²) in [5, 5.41) is 5.53. The molecule has 3 heterocycles. The number of primary amides is 1. The van der Waals surface area contributed by atoms with Crippen LogP contribution in [0.4, 0.5) is 8.78 Å². The lowest BCUT2D eigenvalue weighted by molar-refractivity contribution is -0.136. The fourth-order valence-electron chi connectivity index (χ4n) is 8.28. The fourth-order valence-corrected chi connectivity index (χ4v) is 8.53. The van der Waals surface area contributed by atoms with E-state index in [1.54, 1.807) is 11.0 Å². The van der Waals surface area contributed by atoms with Gasteiger partial charge >= 0.3 is 0 Å². The third-order valence-corrected chi connectivity index (χ3v) is 11.5. The lowest BCUT2D eigenvalue weighted by atomic mass is 9.77. The van der Waals surface area contributed by atoms with Crippen LogP contribution < -0.4 is 25.8 Å². The van der Waals surface area contributed by atoms with Crippen LogP contribution in [0.5, 0.6) is 11.5 Å². The lowest BCUT2D eigenvalue weighted by Crippen LogP contribution is -2.52. The van der Waals surface area contributed by atoms with Crippen LogP contribution in [-0.2, 0) is 28.2 Å². The number of nitrogens with two attached hydrogens (primary N) is 1. The number of benzene rings is 4. The molecule has 4 aromatic rings. The van der Waals surface area contributed by atoms with Crippen molar-refractivity contribution in [3.05, 3.63) is 117 Å². The fraction of sp³-hybridized carbons (Fsp3) is 0.333. The maximum Gasteiger partial charge on any atom is 0.255 e. The molecule has 3 unspecified atom stereocenters. The van der Waals surface area contributed by atoms with Crippen molar-refractivity contribution < 1.29 is 37.4 Å². The number of halogens is 3. The molecule has 0 radical (unpaired) electrons. The second-order valence-electron chi connectivity index (χ2n) is 14.2. The summed E-state index contributed by atoms with van der Waals surface area (Å²) in [7, 11) is 1.29. The van der Waals surface area contributed by atoms with Gasteiger partial charge in [0, 0.05) is 53.7 Å². The Morgan fingerprint density at radius 2 is 1.84 bits per heavy atom. The van der Waals surface area contributed by atoms with Crippen LogP contribution in [-0.4, -0.2) is 54.8 Å². The number of aryl methyl sites for hydroxylation is 1. The maximum absolute atomic E-state index is 16.1. The summed E-state index contributed by atoms with van der Waals surface area (Å²) in [6.07, 6.45) is 3.85. The number of carbonyl (C=O) groups excluding carboxylic acids is 4. The number of unbranched alkanes of at least 4 members (excludes halogenated alkanes) is 2. The summed E-state index contributed by atoms with van der Waals surface area (Å²) in [6, 6.07) is 18.3. The molecular formula is C42H41ClF2N4O6. The molecule has 4 N–H and O–H groups in total. The van der Waals surface area contributed by atoms with E-state index in [1.165, 1.54) is 25.3 Å². The number of hydrogen-bond donors (Lipinski definition) is 3. The minimum absolute atomic E-state index is 0.0125. The van der Waals surface area contributed by atoms with E-state index < -0.39 is 41.0 Å². The van der Waals surface area contributed by atoms with Gasteiger partial charge in [-0.3, -0.25) is 24.5 Å². The second-order valence-corrected chi connectivity index (χ2v) is 14.6. The van der Waals surface area contributed by atoms with E-state index >= 15 is 8.78 Å². The van der Waals surface area contributed by atoms with Crippen LogP contribution in [0.1, 0.15) is 87.9 Å². The lowest BCUT2D eigenvalue weighted by Gasteiger charge is -2.34. The van der Waals surface area contributed by atoms with E-state index in [0.717, 1.165) is 42.4 Å². The summed E-state index contributed by atoms with van der Waals surface area (Å²) in [6.45, 7) is 3.20. The van der Waals surface area contributed by atoms with E-state index in [0.29, 0.717) is 37.2 Å². The molecule has 4 aromatic carbocycles. The van der Waals surface area contributed by atoms with E-state index in [2.05, 4.69) is 10.6 Å². The predicted octanol–water partition coefficient (Wildman–Crippen LogP) is 6.55. The van der Waals surface area contributed by atoms with Crippen molar-refractivity contribution in [2.75, 3.05) is 20.2 Å². The van der Waals surface area contributed by atoms with Crippen molar-refractivity contribution in [1.82, 2.24) is 15.5 Å². The van der Waals surface area contributed by atoms with Crippen LogP contribution in [0.25, 0.3) is 11.1 Å². The number of imide groups is 1. The maximum atomic E-state index is 16.1. The molecule has 0 bridgehead atoms. The molecule has 0 aliphatic carbocycles. The molecule has 286 valence electrons. The zero-order valence-electron chi connectivity index (χ0n) is 30.5. The Morgan fingerprint density at radius 1 is 1.05 bits per heavy atom. The van der Waals surface area contributed by atoms with Crippen molar-refractivity contribution in [2.24, 2.45) is 5.73 Å². The molecule has 4 amide bonds. The first-order valence-electron chi connectivity index (χ1n) is 18.4. The van der Waals surface area contributed by atoms with Gasteiger partial charge in [-0.05, 0) is 67.1 Å². The van der Waals surface area contributed by atoms with E-state index in [1.807, 2.05) is 49.4 Å². The minimum Gasteiger partial charge on any atom is -0.494 e. The normalized spacial score (nSPS) is 20.2. The Balaban J connectivity index is 1.05. The highest BCUT2D eigenvalue weighted by molar-refractivity contribution is 6.34. The van der Waals surface area contributed by atoms with Crippen molar-refractivity contribution in [3.8, 4) is 22.6 Å². The summed E-state index contributed by atoms with van der Waals surface area (Å²) in [5.74, 6) is -4.06. The number of nitrogens with one attached hydrogen (secondary N) is 2. The number of amides is 4. The first-order valence-corrected chi connectivity index (χ1v) is 18.7. The summed E-state index contributed by atoms with van der Waals surface area (Å²) in [4.78, 5) is 51.5. The van der Waals surface area contributed by atoms with Gasteiger partial charge in [-0.1, -0.05) is 67.4 Å². The van der Waals surface area contributed by atoms with Gasteiger partial charge in [-0.25, -0.2) is 8.78 Å². The third kappa shape index (κ3) is 6.82. The average molecular weight is 771 g/mol. The monoisotopic (exact) mass is 770 g/mol. The van der Waals surface area contributed by atoms with Gasteiger partial charge in [0.15, 0.2) is 17.2 Å². The Hall–Kier alpha value is -5.33. The Morgan fingerprint density at radius 3 is 2.56 bits per heavy atom. The van der Waals surface area contributed by atoms with Gasteiger partial charge in [0.2, 0.25) is 17.7 Å². The van der Waals surface area contributed by atoms with Crippen molar-refractivity contribution in [3.63, 3.8) is 0 Å². The molecule has 3 aliphatic rings. The first kappa shape index (κ1) is 38.0. The zero-order chi connectivity index (χ0) is 39.0. The Kier molecular flexibility index (Phi) is 10.6. The molecule has 3 aliphatic heterocycles. The van der Waals surface area contributed by atoms with Crippen LogP contribution in [0.15, 0.2) is 66.7 Å². The number of fused-ring (bicyclic) bond motifs is 2. The van der Waals surface area contributed by atoms with E-state index in [9.17, 15) is 19.2 Å². The van der Waals surface area contributed by atoms with Gasteiger partial charge in [0.1, 0.15) is 17.6 Å². The number of hydrogen-bond acceptors (Lipinski definition) is 7. The van der Waals surface area contributed by atoms with E-state index in [-0.39, 0.29) is 51.4 Å². The zero-order valence-corrected chi connectivity index (χ0v) is 31.2. The van der Waals surface area contributed by atoms with Gasteiger partial charge < -0.3 is 25.4 Å². The van der Waals surface area contributed by atoms with Crippen LogP contribution >= 0.6 is 11.6 Å². The smallest absolute Gasteiger partial charge is 0.255 e. The minimum atomic E-state index is -1.05. The van der Waals surface area contributed by atoms with Gasteiger partial charge in [-0.15, -0.1) is 0 Å². The van der Waals surface area contributed by atoms with Gasteiger partial charge in [0.25, 0.3) is 5.91 Å². The average Bonchev–Trinajstić information content (AvgIpc) is 3.65. The van der Waals surface area contributed by atoms with Crippen molar-refractivity contribution in [2.45, 2.75) is 69.6 Å². The highest BCUT2D eigenvalue weighted by atomic mass is 35.5. The number of rotatable bonds is 13. The molecular weight excluding hydrogens is 730 g/mol. The summed E-state index contributed by atoms with van der Waals surface area (Å²) in [5.41, 5.74) is 8.05. The number of nitrogens with zero attached hydrogens (tertiary/aromatic N) is 1. The molecule has 0 saturated carbocycles. The highest BCUT2D eigenvalue weighted by Gasteiger charge is 2.50. The van der Waals surface area contributed by atoms with Gasteiger partial charge in [0.05, 0.1) is 17.7 Å². The van der Waals surface area contributed by atoms with Crippen LogP contribution in [0, 0.1) is 11.6 Å². The number of ether oxygens (including phenoxy) is 2. The Labute approximate surface area is 322 Å². The molecule has 3 atom stereocenters.